The molecule has 174 valence electrons. The molecule has 3 rings (SSSR count). The number of hydrogen-bond donors (Lipinski definition) is 2. The number of methoxy groups -OCH3 is 1. The van der Waals surface area contributed by atoms with Gasteiger partial charge in [-0.15, -0.1) is 5.10 Å². The van der Waals surface area contributed by atoms with Crippen LogP contribution < -0.4 is 24.3 Å². The Labute approximate surface area is 189 Å². The van der Waals surface area contributed by atoms with Crippen molar-refractivity contribution in [2.75, 3.05) is 25.6 Å². The summed E-state index contributed by atoms with van der Waals surface area (Å²) in [5, 5.41) is 19.8. The maximum atomic E-state index is 12.4. The number of H-pyrrole nitrogens is 1. The van der Waals surface area contributed by atoms with Crippen molar-refractivity contribution < 1.29 is 28.7 Å². The number of hydrogen-bond acceptors (Lipinski definition) is 8. The van der Waals surface area contributed by atoms with Crippen molar-refractivity contribution in [3.8, 4) is 23.1 Å². The molecule has 33 heavy (non-hydrogen) atoms. The Hall–Kier alpha value is -4.28. The molecule has 11 heteroatoms. The molecule has 0 spiro atoms. The van der Waals surface area contributed by atoms with Crippen LogP contribution in [0.3, 0.4) is 0 Å². The van der Waals surface area contributed by atoms with Crippen molar-refractivity contribution >= 4 is 17.3 Å². The predicted molar refractivity (Wildman–Crippen MR) is 119 cm³/mol. The molecule has 0 unspecified atom stereocenters. The third-order valence-corrected chi connectivity index (χ3v) is 4.44. The summed E-state index contributed by atoms with van der Waals surface area (Å²) in [7, 11) is 1.23. The fourth-order valence-electron chi connectivity index (χ4n) is 2.97. The lowest BCUT2D eigenvalue weighted by Gasteiger charge is -2.13. The quantitative estimate of drug-likeness (QED) is 0.327. The lowest BCUT2D eigenvalue weighted by atomic mass is 10.2. The number of aromatic amines is 1. The van der Waals surface area contributed by atoms with Gasteiger partial charge in [-0.1, -0.05) is 6.07 Å². The van der Waals surface area contributed by atoms with Crippen LogP contribution in [0.5, 0.6) is 23.1 Å². The van der Waals surface area contributed by atoms with Gasteiger partial charge >= 0.3 is 11.6 Å². The first kappa shape index (κ1) is 23.4. The standard InChI is InChI=1S/C22H24N4O7/c1-4-31-17-11-6-14(12-18(17)32-5-2)13-33-16-9-7-15(8-10-16)23-21(27)19-20(26(28)29)22(30-3)25-24-19/h6-12H,4-5,13H2,1-3H3,(H,23,27)(H,24,25). The third kappa shape index (κ3) is 5.70. The van der Waals surface area contributed by atoms with Crippen LogP contribution in [0.15, 0.2) is 42.5 Å². The largest absolute Gasteiger partial charge is 0.490 e. The van der Waals surface area contributed by atoms with Crippen LogP contribution >= 0.6 is 0 Å². The molecule has 0 saturated heterocycles. The Morgan fingerprint density at radius 2 is 1.76 bits per heavy atom. The van der Waals surface area contributed by atoms with Crippen LogP contribution in [0, 0.1) is 10.1 Å². The van der Waals surface area contributed by atoms with Gasteiger partial charge in [-0.3, -0.25) is 20.0 Å². The lowest BCUT2D eigenvalue weighted by Crippen LogP contribution is -2.14. The Bertz CT molecular complexity index is 1110. The zero-order valence-corrected chi connectivity index (χ0v) is 18.4. The van der Waals surface area contributed by atoms with Gasteiger partial charge in [0.15, 0.2) is 11.5 Å². The molecule has 11 nitrogen and oxygen atoms in total. The number of carbonyl (C=O) groups excluding carboxylic acids is 1. The summed E-state index contributed by atoms with van der Waals surface area (Å²) < 4.78 is 21.8. The van der Waals surface area contributed by atoms with Crippen LogP contribution in [-0.2, 0) is 6.61 Å². The number of amides is 1. The molecule has 0 saturated carbocycles. The van der Waals surface area contributed by atoms with E-state index < -0.39 is 16.5 Å². The normalized spacial score (nSPS) is 10.4. The topological polar surface area (TPSA) is 138 Å². The third-order valence-electron chi connectivity index (χ3n) is 4.44. The zero-order chi connectivity index (χ0) is 23.8. The summed E-state index contributed by atoms with van der Waals surface area (Å²) in [5.41, 5.74) is 0.490. The van der Waals surface area contributed by atoms with Gasteiger partial charge in [0.25, 0.3) is 5.91 Å². The summed E-state index contributed by atoms with van der Waals surface area (Å²) in [6.45, 7) is 5.18. The van der Waals surface area contributed by atoms with E-state index in [-0.39, 0.29) is 11.6 Å². The highest BCUT2D eigenvalue weighted by atomic mass is 16.6. The van der Waals surface area contributed by atoms with E-state index in [1.54, 1.807) is 24.3 Å². The predicted octanol–water partition coefficient (Wildman–Crippen LogP) is 3.96. The summed E-state index contributed by atoms with van der Waals surface area (Å²) in [4.78, 5) is 22.9. The van der Waals surface area contributed by atoms with E-state index in [2.05, 4.69) is 15.5 Å². The van der Waals surface area contributed by atoms with E-state index in [0.29, 0.717) is 42.8 Å². The Morgan fingerprint density at radius 1 is 1.06 bits per heavy atom. The van der Waals surface area contributed by atoms with E-state index in [1.165, 1.54) is 7.11 Å². The van der Waals surface area contributed by atoms with Gasteiger partial charge in [-0.05, 0) is 55.8 Å². The van der Waals surface area contributed by atoms with Gasteiger partial charge in [-0.25, -0.2) is 0 Å². The van der Waals surface area contributed by atoms with E-state index in [4.69, 9.17) is 18.9 Å². The second kappa shape index (κ2) is 10.8. The minimum Gasteiger partial charge on any atom is -0.490 e. The highest BCUT2D eigenvalue weighted by Gasteiger charge is 2.30. The Morgan fingerprint density at radius 3 is 2.39 bits per heavy atom. The van der Waals surface area contributed by atoms with Crippen molar-refractivity contribution in [2.45, 2.75) is 20.5 Å². The van der Waals surface area contributed by atoms with E-state index >= 15 is 0 Å². The maximum absolute atomic E-state index is 12.4. The molecule has 0 aliphatic heterocycles. The number of nitro groups is 1. The van der Waals surface area contributed by atoms with Gasteiger partial charge in [0, 0.05) is 5.69 Å². The molecular weight excluding hydrogens is 432 g/mol. The molecule has 0 aliphatic carbocycles. The number of aromatic nitrogens is 2. The van der Waals surface area contributed by atoms with Crippen LogP contribution in [0.1, 0.15) is 29.9 Å². The van der Waals surface area contributed by atoms with Gasteiger partial charge in [0.1, 0.15) is 12.4 Å². The average molecular weight is 456 g/mol. The number of benzene rings is 2. The van der Waals surface area contributed by atoms with Crippen LogP contribution in [0.4, 0.5) is 11.4 Å². The fourth-order valence-corrected chi connectivity index (χ4v) is 2.97. The Balaban J connectivity index is 1.63. The van der Waals surface area contributed by atoms with Gasteiger partial charge in [0.2, 0.25) is 5.69 Å². The second-order valence-corrected chi connectivity index (χ2v) is 6.63. The number of rotatable bonds is 11. The number of anilines is 1. The van der Waals surface area contributed by atoms with E-state index in [9.17, 15) is 14.9 Å². The van der Waals surface area contributed by atoms with Gasteiger partial charge in [0.05, 0.1) is 25.2 Å². The van der Waals surface area contributed by atoms with Crippen molar-refractivity contribution in [2.24, 2.45) is 0 Å². The minimum atomic E-state index is -0.730. The van der Waals surface area contributed by atoms with Crippen LogP contribution in [0.25, 0.3) is 0 Å². The Kier molecular flexibility index (Phi) is 7.68. The van der Waals surface area contributed by atoms with Crippen molar-refractivity contribution in [1.82, 2.24) is 10.2 Å². The number of ether oxygens (including phenoxy) is 4. The first-order valence-electron chi connectivity index (χ1n) is 10.2. The monoisotopic (exact) mass is 456 g/mol. The SMILES string of the molecule is CCOc1ccc(COc2ccc(NC(=O)c3[nH]nc(OC)c3[N+](=O)[O-])cc2)cc1OCC. The average Bonchev–Trinajstić information content (AvgIpc) is 3.25. The van der Waals surface area contributed by atoms with Crippen LogP contribution in [-0.4, -0.2) is 41.4 Å². The molecule has 2 aromatic carbocycles. The highest BCUT2D eigenvalue weighted by molar-refractivity contribution is 6.06. The smallest absolute Gasteiger partial charge is 0.362 e. The highest BCUT2D eigenvalue weighted by Crippen LogP contribution is 2.30. The molecule has 0 bridgehead atoms. The van der Waals surface area contributed by atoms with E-state index in [0.717, 1.165) is 5.56 Å². The molecule has 2 N–H and O–H groups in total. The van der Waals surface area contributed by atoms with Crippen molar-refractivity contribution in [3.05, 3.63) is 63.8 Å². The molecule has 0 radical (unpaired) electrons. The number of nitrogens with one attached hydrogen (secondary N) is 2. The molecule has 1 amide bonds. The van der Waals surface area contributed by atoms with Gasteiger partial charge in [-0.2, -0.15) is 0 Å². The lowest BCUT2D eigenvalue weighted by molar-refractivity contribution is -0.386. The molecule has 0 fully saturated rings. The minimum absolute atomic E-state index is 0.268. The molecule has 0 aliphatic rings. The molecule has 3 aromatic rings. The molecular formula is C22H24N4O7. The molecule has 1 heterocycles. The molecule has 0 atom stereocenters. The van der Waals surface area contributed by atoms with Gasteiger partial charge < -0.3 is 24.3 Å². The fraction of sp³-hybridized carbons (Fsp3) is 0.273. The first-order chi connectivity index (χ1) is 16.0. The summed E-state index contributed by atoms with van der Waals surface area (Å²) >= 11 is 0. The van der Waals surface area contributed by atoms with E-state index in [1.807, 2.05) is 32.0 Å². The number of nitrogens with zero attached hydrogens (tertiary/aromatic N) is 2. The zero-order valence-electron chi connectivity index (χ0n) is 18.4. The summed E-state index contributed by atoms with van der Waals surface area (Å²) in [5.74, 6) is 0.926. The number of carbonyl (C=O) groups is 1. The van der Waals surface area contributed by atoms with Crippen molar-refractivity contribution in [3.63, 3.8) is 0 Å². The molecule has 1 aromatic heterocycles. The summed E-state index contributed by atoms with van der Waals surface area (Å²) in [6.07, 6.45) is 0. The van der Waals surface area contributed by atoms with Crippen LogP contribution in [0.2, 0.25) is 0 Å². The maximum Gasteiger partial charge on any atom is 0.362 e. The van der Waals surface area contributed by atoms with Crippen molar-refractivity contribution in [1.29, 1.82) is 0 Å². The first-order valence-corrected chi connectivity index (χ1v) is 10.2. The second-order valence-electron chi connectivity index (χ2n) is 6.63. The summed E-state index contributed by atoms with van der Waals surface area (Å²) in [6, 6.07) is 12.2.